The summed E-state index contributed by atoms with van der Waals surface area (Å²) in [6, 6.07) is 12.6. The minimum atomic E-state index is -0.356. The summed E-state index contributed by atoms with van der Waals surface area (Å²) in [5, 5.41) is 15.6. The summed E-state index contributed by atoms with van der Waals surface area (Å²) in [5.74, 6) is 0.821. The second-order valence-electron chi connectivity index (χ2n) is 5.96. The predicted octanol–water partition coefficient (Wildman–Crippen LogP) is 2.73. The van der Waals surface area contributed by atoms with Gasteiger partial charge in [0, 0.05) is 5.69 Å². The van der Waals surface area contributed by atoms with E-state index in [1.165, 1.54) is 15.9 Å². The Hall–Kier alpha value is -3.46. The summed E-state index contributed by atoms with van der Waals surface area (Å²) in [5.41, 5.74) is 1.31. The number of fused-ring (bicyclic) bond motifs is 1. The summed E-state index contributed by atoms with van der Waals surface area (Å²) >= 11 is 1.53. The van der Waals surface area contributed by atoms with Crippen molar-refractivity contribution in [3.63, 3.8) is 0 Å². The van der Waals surface area contributed by atoms with Gasteiger partial charge in [0.1, 0.15) is 17.0 Å². The number of aromatic amines is 1. The fraction of sp³-hybridized carbons (Fsp3) is 0.158. The lowest BCUT2D eigenvalue weighted by Crippen LogP contribution is -2.22. The van der Waals surface area contributed by atoms with Crippen LogP contribution in [0.2, 0.25) is 0 Å². The smallest absolute Gasteiger partial charge is 0.290 e. The third-order valence-corrected chi connectivity index (χ3v) is 4.91. The zero-order chi connectivity index (χ0) is 19.5. The standard InChI is InChI=1S/C19H17N5O3S/c1-2-27-13-7-5-12(6-8-13)20-18(25)11-17-21-22-19(26)15-10-14(23-24(15)17)16-4-3-9-28-16/h3-10H,2,11H2,1H3,(H,20,25)(H,22,26). The third-order valence-electron chi connectivity index (χ3n) is 4.01. The fourth-order valence-electron chi connectivity index (χ4n) is 2.77. The van der Waals surface area contributed by atoms with Crippen molar-refractivity contribution in [1.82, 2.24) is 19.8 Å². The molecular formula is C19H17N5O3S. The molecule has 0 saturated carbocycles. The number of benzene rings is 1. The van der Waals surface area contributed by atoms with Crippen LogP contribution >= 0.6 is 11.3 Å². The van der Waals surface area contributed by atoms with Crippen LogP contribution in [0.3, 0.4) is 0 Å². The van der Waals surface area contributed by atoms with Crippen LogP contribution in [0.15, 0.2) is 52.6 Å². The van der Waals surface area contributed by atoms with Crippen molar-refractivity contribution < 1.29 is 9.53 Å². The molecule has 0 radical (unpaired) electrons. The molecule has 0 aliphatic rings. The number of amides is 1. The zero-order valence-corrected chi connectivity index (χ0v) is 15.8. The van der Waals surface area contributed by atoms with Crippen LogP contribution in [0, 0.1) is 0 Å². The van der Waals surface area contributed by atoms with Gasteiger partial charge in [0.15, 0.2) is 5.82 Å². The summed E-state index contributed by atoms with van der Waals surface area (Å²) < 4.78 is 6.81. The average molecular weight is 395 g/mol. The molecule has 3 aromatic heterocycles. The van der Waals surface area contributed by atoms with Crippen molar-refractivity contribution in [3.05, 3.63) is 64.0 Å². The minimum absolute atomic E-state index is 0.0357. The van der Waals surface area contributed by atoms with Gasteiger partial charge >= 0.3 is 0 Å². The normalized spacial score (nSPS) is 10.9. The maximum absolute atomic E-state index is 12.4. The molecule has 0 unspecified atom stereocenters. The van der Waals surface area contributed by atoms with Gasteiger partial charge in [0.2, 0.25) is 5.91 Å². The van der Waals surface area contributed by atoms with E-state index < -0.39 is 0 Å². The predicted molar refractivity (Wildman–Crippen MR) is 107 cm³/mol. The van der Waals surface area contributed by atoms with E-state index in [9.17, 15) is 9.59 Å². The molecule has 28 heavy (non-hydrogen) atoms. The van der Waals surface area contributed by atoms with Gasteiger partial charge in [0.05, 0.1) is 17.9 Å². The molecule has 2 N–H and O–H groups in total. The van der Waals surface area contributed by atoms with Gasteiger partial charge in [-0.25, -0.2) is 9.61 Å². The summed E-state index contributed by atoms with van der Waals surface area (Å²) in [7, 11) is 0. The van der Waals surface area contributed by atoms with Crippen LogP contribution in [0.4, 0.5) is 5.69 Å². The molecule has 1 aromatic carbocycles. The molecule has 0 atom stereocenters. The number of thiophene rings is 1. The van der Waals surface area contributed by atoms with Crippen molar-refractivity contribution in [2.45, 2.75) is 13.3 Å². The number of nitrogens with zero attached hydrogens (tertiary/aromatic N) is 3. The molecule has 142 valence electrons. The molecule has 0 aliphatic heterocycles. The molecule has 0 spiro atoms. The van der Waals surface area contributed by atoms with Crippen molar-refractivity contribution >= 4 is 28.4 Å². The van der Waals surface area contributed by atoms with Gasteiger partial charge < -0.3 is 10.1 Å². The van der Waals surface area contributed by atoms with Gasteiger partial charge in [-0.05, 0) is 48.7 Å². The Morgan fingerprint density at radius 2 is 2.11 bits per heavy atom. The number of hydrogen-bond acceptors (Lipinski definition) is 6. The number of anilines is 1. The third kappa shape index (κ3) is 3.65. The molecular weight excluding hydrogens is 378 g/mol. The lowest BCUT2D eigenvalue weighted by atomic mass is 10.3. The topological polar surface area (TPSA) is 101 Å². The molecule has 8 nitrogen and oxygen atoms in total. The Morgan fingerprint density at radius 1 is 1.29 bits per heavy atom. The molecule has 9 heteroatoms. The second-order valence-corrected chi connectivity index (χ2v) is 6.90. The average Bonchev–Trinajstić information content (AvgIpc) is 3.36. The Bertz CT molecular complexity index is 1160. The van der Waals surface area contributed by atoms with Crippen LogP contribution in [-0.2, 0) is 11.2 Å². The molecule has 4 rings (SSSR count). The number of H-pyrrole nitrogens is 1. The largest absolute Gasteiger partial charge is 0.494 e. The summed E-state index contributed by atoms with van der Waals surface area (Å²) in [4.78, 5) is 25.5. The number of aromatic nitrogens is 4. The maximum atomic E-state index is 12.4. The highest BCUT2D eigenvalue weighted by Crippen LogP contribution is 2.23. The summed E-state index contributed by atoms with van der Waals surface area (Å²) in [6.45, 7) is 2.49. The van der Waals surface area contributed by atoms with Crippen molar-refractivity contribution in [1.29, 1.82) is 0 Å². The highest BCUT2D eigenvalue weighted by Gasteiger charge is 2.15. The fourth-order valence-corrected chi connectivity index (χ4v) is 3.45. The Kier molecular flexibility index (Phi) is 4.90. The molecule has 0 fully saturated rings. The highest BCUT2D eigenvalue weighted by atomic mass is 32.1. The number of carbonyl (C=O) groups excluding carboxylic acids is 1. The van der Waals surface area contributed by atoms with Crippen LogP contribution in [0.25, 0.3) is 16.1 Å². The van der Waals surface area contributed by atoms with Crippen LogP contribution in [-0.4, -0.2) is 32.3 Å². The number of nitrogens with one attached hydrogen (secondary N) is 2. The first kappa shape index (κ1) is 17.9. The van der Waals surface area contributed by atoms with E-state index in [-0.39, 0.29) is 17.9 Å². The van der Waals surface area contributed by atoms with Crippen molar-refractivity contribution in [3.8, 4) is 16.3 Å². The Labute approximate surface area is 163 Å². The number of rotatable bonds is 6. The number of hydrogen-bond donors (Lipinski definition) is 2. The molecule has 1 amide bonds. The first-order valence-corrected chi connectivity index (χ1v) is 9.56. The van der Waals surface area contributed by atoms with E-state index in [1.54, 1.807) is 30.3 Å². The lowest BCUT2D eigenvalue weighted by Gasteiger charge is -2.07. The lowest BCUT2D eigenvalue weighted by molar-refractivity contribution is -0.115. The number of carbonyl (C=O) groups is 1. The first-order chi connectivity index (χ1) is 13.6. The second kappa shape index (κ2) is 7.65. The van der Waals surface area contributed by atoms with E-state index in [1.807, 2.05) is 24.4 Å². The maximum Gasteiger partial charge on any atom is 0.290 e. The molecule has 0 saturated heterocycles. The molecule has 4 aromatic rings. The minimum Gasteiger partial charge on any atom is -0.494 e. The number of ether oxygens (including phenoxy) is 1. The van der Waals surface area contributed by atoms with Crippen LogP contribution in [0.1, 0.15) is 12.7 Å². The SMILES string of the molecule is CCOc1ccc(NC(=O)Cc2n[nH]c(=O)c3cc(-c4cccs4)nn23)cc1. The summed E-state index contributed by atoms with van der Waals surface area (Å²) in [6.07, 6.45) is -0.0357. The van der Waals surface area contributed by atoms with Crippen LogP contribution in [0.5, 0.6) is 5.75 Å². The van der Waals surface area contributed by atoms with Gasteiger partial charge in [0.25, 0.3) is 5.56 Å². The van der Waals surface area contributed by atoms with E-state index in [0.29, 0.717) is 29.3 Å². The Morgan fingerprint density at radius 3 is 2.82 bits per heavy atom. The van der Waals surface area contributed by atoms with Gasteiger partial charge in [-0.15, -0.1) is 11.3 Å². The highest BCUT2D eigenvalue weighted by molar-refractivity contribution is 7.13. The molecule has 3 heterocycles. The van der Waals surface area contributed by atoms with E-state index in [0.717, 1.165) is 10.6 Å². The Balaban J connectivity index is 1.56. The quantitative estimate of drug-likeness (QED) is 0.523. The van der Waals surface area contributed by atoms with Gasteiger partial charge in [-0.1, -0.05) is 6.07 Å². The molecule has 0 aliphatic carbocycles. The monoisotopic (exact) mass is 395 g/mol. The first-order valence-electron chi connectivity index (χ1n) is 8.68. The molecule has 0 bridgehead atoms. The van der Waals surface area contributed by atoms with E-state index in [2.05, 4.69) is 20.6 Å². The van der Waals surface area contributed by atoms with Crippen molar-refractivity contribution in [2.75, 3.05) is 11.9 Å². The van der Waals surface area contributed by atoms with Gasteiger partial charge in [-0.2, -0.15) is 10.2 Å². The van der Waals surface area contributed by atoms with Gasteiger partial charge in [-0.3, -0.25) is 9.59 Å². The van der Waals surface area contributed by atoms with E-state index in [4.69, 9.17) is 4.74 Å². The van der Waals surface area contributed by atoms with E-state index >= 15 is 0 Å². The van der Waals surface area contributed by atoms with Crippen LogP contribution < -0.4 is 15.6 Å². The zero-order valence-electron chi connectivity index (χ0n) is 15.0. The van der Waals surface area contributed by atoms with Crippen molar-refractivity contribution in [2.24, 2.45) is 0 Å².